The lowest BCUT2D eigenvalue weighted by atomic mass is 10.4. The molecule has 0 saturated heterocycles. The standard InChI is InChI=1S/C13H15ClN2O2S/c1-8(19-11-6-4-10(14)5-7-11)12(17)15-16-13(18)9-2-3-9/h4-9H,2-3H2,1H3,(H,15,17)(H,16,18). The Bertz CT molecular complexity index is 474. The van der Waals surface area contributed by atoms with Gasteiger partial charge in [0.2, 0.25) is 5.91 Å². The number of halogens is 1. The van der Waals surface area contributed by atoms with Crippen LogP contribution in [0.4, 0.5) is 0 Å². The van der Waals surface area contributed by atoms with Gasteiger partial charge >= 0.3 is 0 Å². The van der Waals surface area contributed by atoms with Gasteiger partial charge in [0.1, 0.15) is 0 Å². The van der Waals surface area contributed by atoms with E-state index in [-0.39, 0.29) is 23.0 Å². The van der Waals surface area contributed by atoms with Crippen molar-refractivity contribution < 1.29 is 9.59 Å². The van der Waals surface area contributed by atoms with Crippen molar-refractivity contribution in [3.8, 4) is 0 Å². The Morgan fingerprint density at radius 2 is 1.89 bits per heavy atom. The molecule has 1 aromatic carbocycles. The minimum absolute atomic E-state index is 0.0829. The van der Waals surface area contributed by atoms with Crippen LogP contribution >= 0.6 is 23.4 Å². The molecule has 1 unspecified atom stereocenters. The van der Waals surface area contributed by atoms with Gasteiger partial charge in [-0.1, -0.05) is 11.6 Å². The fourth-order valence-electron chi connectivity index (χ4n) is 1.44. The summed E-state index contributed by atoms with van der Waals surface area (Å²) in [6, 6.07) is 7.28. The predicted octanol–water partition coefficient (Wildman–Crippen LogP) is 2.38. The minimum Gasteiger partial charge on any atom is -0.273 e. The molecule has 1 aliphatic rings. The Balaban J connectivity index is 1.78. The monoisotopic (exact) mass is 298 g/mol. The Morgan fingerprint density at radius 1 is 1.26 bits per heavy atom. The smallest absolute Gasteiger partial charge is 0.251 e. The van der Waals surface area contributed by atoms with Gasteiger partial charge in [0.05, 0.1) is 5.25 Å². The number of carbonyl (C=O) groups excluding carboxylic acids is 2. The fraction of sp³-hybridized carbons (Fsp3) is 0.385. The minimum atomic E-state index is -0.291. The van der Waals surface area contributed by atoms with Crippen molar-refractivity contribution in [2.24, 2.45) is 5.92 Å². The molecule has 2 amide bonds. The summed E-state index contributed by atoms with van der Waals surface area (Å²) in [5, 5.41) is 0.374. The molecular formula is C13H15ClN2O2S. The molecule has 0 bridgehead atoms. The largest absolute Gasteiger partial charge is 0.273 e. The number of amides is 2. The molecule has 1 atom stereocenters. The third-order valence-corrected chi connectivity index (χ3v) is 4.12. The van der Waals surface area contributed by atoms with Crippen LogP contribution in [0.15, 0.2) is 29.2 Å². The lowest BCUT2D eigenvalue weighted by Gasteiger charge is -2.12. The summed E-state index contributed by atoms with van der Waals surface area (Å²) < 4.78 is 0. The van der Waals surface area contributed by atoms with Gasteiger partial charge in [0.25, 0.3) is 5.91 Å². The van der Waals surface area contributed by atoms with Crippen LogP contribution in [-0.2, 0) is 9.59 Å². The second-order valence-electron chi connectivity index (χ2n) is 4.47. The Kier molecular flexibility index (Phi) is 4.71. The van der Waals surface area contributed by atoms with E-state index in [1.54, 1.807) is 19.1 Å². The van der Waals surface area contributed by atoms with Gasteiger partial charge in [-0.25, -0.2) is 0 Å². The van der Waals surface area contributed by atoms with Crippen molar-refractivity contribution in [1.29, 1.82) is 0 Å². The molecule has 1 aromatic rings. The zero-order valence-electron chi connectivity index (χ0n) is 10.5. The molecule has 0 spiro atoms. The van der Waals surface area contributed by atoms with Crippen LogP contribution < -0.4 is 10.9 Å². The van der Waals surface area contributed by atoms with Crippen LogP contribution in [0.3, 0.4) is 0 Å². The zero-order chi connectivity index (χ0) is 13.8. The summed E-state index contributed by atoms with van der Waals surface area (Å²) in [5.41, 5.74) is 4.90. The van der Waals surface area contributed by atoms with Crippen LogP contribution in [-0.4, -0.2) is 17.1 Å². The van der Waals surface area contributed by atoms with Gasteiger partial charge in [0, 0.05) is 15.8 Å². The normalized spacial score (nSPS) is 15.7. The molecule has 0 aliphatic heterocycles. The summed E-state index contributed by atoms with van der Waals surface area (Å²) in [5.74, 6) is -0.231. The first-order valence-electron chi connectivity index (χ1n) is 6.08. The summed E-state index contributed by atoms with van der Waals surface area (Å²) in [6.07, 6.45) is 1.83. The maximum Gasteiger partial charge on any atom is 0.251 e. The summed E-state index contributed by atoms with van der Waals surface area (Å²) in [7, 11) is 0. The number of hydrogen-bond acceptors (Lipinski definition) is 3. The van der Waals surface area contributed by atoms with Crippen molar-refractivity contribution in [3.05, 3.63) is 29.3 Å². The third-order valence-electron chi connectivity index (χ3n) is 2.75. The number of hydrogen-bond donors (Lipinski definition) is 2. The highest BCUT2D eigenvalue weighted by molar-refractivity contribution is 8.00. The van der Waals surface area contributed by atoms with Crippen LogP contribution in [0.5, 0.6) is 0 Å². The summed E-state index contributed by atoms with van der Waals surface area (Å²) in [6.45, 7) is 1.79. The molecule has 1 aliphatic carbocycles. The highest BCUT2D eigenvalue weighted by atomic mass is 35.5. The molecule has 2 N–H and O–H groups in total. The molecule has 102 valence electrons. The summed E-state index contributed by atoms with van der Waals surface area (Å²) >= 11 is 7.21. The van der Waals surface area contributed by atoms with Crippen LogP contribution in [0.25, 0.3) is 0 Å². The van der Waals surface area contributed by atoms with Crippen LogP contribution in [0.2, 0.25) is 5.02 Å². The topological polar surface area (TPSA) is 58.2 Å². The van der Waals surface area contributed by atoms with E-state index >= 15 is 0 Å². The van der Waals surface area contributed by atoms with Gasteiger partial charge in [-0.3, -0.25) is 20.4 Å². The number of rotatable bonds is 4. The molecule has 19 heavy (non-hydrogen) atoms. The first-order valence-corrected chi connectivity index (χ1v) is 7.34. The van der Waals surface area contributed by atoms with Crippen molar-refractivity contribution in [2.45, 2.75) is 29.9 Å². The van der Waals surface area contributed by atoms with E-state index in [1.165, 1.54) is 11.8 Å². The molecule has 1 fully saturated rings. The van der Waals surface area contributed by atoms with Crippen molar-refractivity contribution in [2.75, 3.05) is 0 Å². The van der Waals surface area contributed by atoms with E-state index in [9.17, 15) is 9.59 Å². The van der Waals surface area contributed by atoms with Gasteiger partial charge in [-0.2, -0.15) is 0 Å². The molecular weight excluding hydrogens is 284 g/mol. The number of carbonyl (C=O) groups is 2. The average molecular weight is 299 g/mol. The maximum absolute atomic E-state index is 11.8. The van der Waals surface area contributed by atoms with E-state index in [4.69, 9.17) is 11.6 Å². The number of benzene rings is 1. The Morgan fingerprint density at radius 3 is 2.47 bits per heavy atom. The first kappa shape index (κ1) is 14.2. The average Bonchev–Trinajstić information content (AvgIpc) is 3.22. The SMILES string of the molecule is CC(Sc1ccc(Cl)cc1)C(=O)NNC(=O)C1CC1. The van der Waals surface area contributed by atoms with E-state index < -0.39 is 0 Å². The maximum atomic E-state index is 11.8. The van der Waals surface area contributed by atoms with Gasteiger partial charge in [0.15, 0.2) is 0 Å². The van der Waals surface area contributed by atoms with Crippen molar-refractivity contribution >= 4 is 35.2 Å². The Labute approximate surface area is 121 Å². The quantitative estimate of drug-likeness (QED) is 0.663. The molecule has 0 aromatic heterocycles. The van der Waals surface area contributed by atoms with Crippen LogP contribution in [0, 0.1) is 5.92 Å². The Hall–Kier alpha value is -1.20. The highest BCUT2D eigenvalue weighted by Gasteiger charge is 2.30. The zero-order valence-corrected chi connectivity index (χ0v) is 12.1. The lowest BCUT2D eigenvalue weighted by molar-refractivity contribution is -0.129. The lowest BCUT2D eigenvalue weighted by Crippen LogP contribution is -2.45. The molecule has 6 heteroatoms. The second-order valence-corrected chi connectivity index (χ2v) is 6.32. The van der Waals surface area contributed by atoms with Crippen molar-refractivity contribution in [3.63, 3.8) is 0 Å². The van der Waals surface area contributed by atoms with Gasteiger partial charge in [-0.05, 0) is 44.0 Å². The van der Waals surface area contributed by atoms with Crippen LogP contribution in [0.1, 0.15) is 19.8 Å². The molecule has 0 heterocycles. The van der Waals surface area contributed by atoms with Crippen molar-refractivity contribution in [1.82, 2.24) is 10.9 Å². The second kappa shape index (κ2) is 6.30. The first-order chi connectivity index (χ1) is 9.06. The van der Waals surface area contributed by atoms with E-state index in [2.05, 4.69) is 10.9 Å². The van der Waals surface area contributed by atoms with E-state index in [0.717, 1.165) is 17.7 Å². The van der Waals surface area contributed by atoms with Gasteiger partial charge < -0.3 is 0 Å². The molecule has 1 saturated carbocycles. The number of nitrogens with one attached hydrogen (secondary N) is 2. The molecule has 4 nitrogen and oxygen atoms in total. The van der Waals surface area contributed by atoms with E-state index in [1.807, 2.05) is 12.1 Å². The number of hydrazine groups is 1. The molecule has 0 radical (unpaired) electrons. The van der Waals surface area contributed by atoms with Gasteiger partial charge in [-0.15, -0.1) is 11.8 Å². The molecule has 2 rings (SSSR count). The highest BCUT2D eigenvalue weighted by Crippen LogP contribution is 2.28. The fourth-order valence-corrected chi connectivity index (χ4v) is 2.44. The predicted molar refractivity (Wildman–Crippen MR) is 75.8 cm³/mol. The number of thioether (sulfide) groups is 1. The van der Waals surface area contributed by atoms with E-state index in [0.29, 0.717) is 5.02 Å². The third kappa shape index (κ3) is 4.44. The summed E-state index contributed by atoms with van der Waals surface area (Å²) in [4.78, 5) is 24.1.